The van der Waals surface area contributed by atoms with Gasteiger partial charge in [-0.2, -0.15) is 5.26 Å². The second-order valence-corrected chi connectivity index (χ2v) is 3.71. The number of benzene rings is 1. The average Bonchev–Trinajstić information content (AvgIpc) is 2.25. The molecule has 15 heavy (non-hydrogen) atoms. The molecule has 1 aromatic carbocycles. The van der Waals surface area contributed by atoms with Crippen LogP contribution in [0.3, 0.4) is 0 Å². The SMILES string of the molecule is N#Cc1ccc2c(F)c(Br)cc(F)c2n1. The molecule has 0 saturated heterocycles. The molecule has 0 aliphatic carbocycles. The fourth-order valence-electron chi connectivity index (χ4n) is 1.25. The number of hydrogen-bond acceptors (Lipinski definition) is 2. The van der Waals surface area contributed by atoms with E-state index in [4.69, 9.17) is 5.26 Å². The zero-order chi connectivity index (χ0) is 11.0. The van der Waals surface area contributed by atoms with Crippen molar-refractivity contribution < 1.29 is 8.78 Å². The van der Waals surface area contributed by atoms with Crippen molar-refractivity contribution >= 4 is 26.8 Å². The smallest absolute Gasteiger partial charge is 0.150 e. The van der Waals surface area contributed by atoms with Gasteiger partial charge in [-0.3, -0.25) is 0 Å². The molecule has 0 spiro atoms. The lowest BCUT2D eigenvalue weighted by Crippen LogP contribution is -1.92. The summed E-state index contributed by atoms with van der Waals surface area (Å²) in [5.41, 5.74) is -0.0714. The van der Waals surface area contributed by atoms with Crippen molar-refractivity contribution in [2.24, 2.45) is 0 Å². The van der Waals surface area contributed by atoms with E-state index < -0.39 is 11.6 Å². The Labute approximate surface area is 92.3 Å². The molecule has 1 aromatic heterocycles. The molecule has 0 bridgehead atoms. The normalized spacial score (nSPS) is 10.3. The van der Waals surface area contributed by atoms with Crippen molar-refractivity contribution in [2.45, 2.75) is 0 Å². The number of nitrogens with zero attached hydrogens (tertiary/aromatic N) is 2. The highest BCUT2D eigenvalue weighted by molar-refractivity contribution is 9.10. The van der Waals surface area contributed by atoms with E-state index in [0.29, 0.717) is 0 Å². The number of halogens is 3. The van der Waals surface area contributed by atoms with Gasteiger partial charge in [-0.1, -0.05) is 0 Å². The van der Waals surface area contributed by atoms with Crippen molar-refractivity contribution in [3.8, 4) is 6.07 Å². The lowest BCUT2D eigenvalue weighted by Gasteiger charge is -2.02. The van der Waals surface area contributed by atoms with E-state index >= 15 is 0 Å². The molecule has 74 valence electrons. The molecule has 0 aliphatic rings. The van der Waals surface area contributed by atoms with Gasteiger partial charge >= 0.3 is 0 Å². The Kier molecular flexibility index (Phi) is 2.37. The van der Waals surface area contributed by atoms with Crippen molar-refractivity contribution in [2.75, 3.05) is 0 Å². The van der Waals surface area contributed by atoms with Gasteiger partial charge in [0, 0.05) is 5.39 Å². The summed E-state index contributed by atoms with van der Waals surface area (Å²) in [6, 6.07) is 5.44. The molecular formula is C10H3BrF2N2. The molecule has 2 rings (SSSR count). The van der Waals surface area contributed by atoms with E-state index in [2.05, 4.69) is 20.9 Å². The van der Waals surface area contributed by atoms with E-state index in [0.717, 1.165) is 6.07 Å². The summed E-state index contributed by atoms with van der Waals surface area (Å²) in [5.74, 6) is -1.24. The number of rotatable bonds is 0. The summed E-state index contributed by atoms with van der Waals surface area (Å²) in [6.07, 6.45) is 0. The number of aromatic nitrogens is 1. The van der Waals surface area contributed by atoms with E-state index in [1.165, 1.54) is 12.1 Å². The molecule has 0 amide bonds. The van der Waals surface area contributed by atoms with Crippen LogP contribution >= 0.6 is 15.9 Å². The Morgan fingerprint density at radius 3 is 2.73 bits per heavy atom. The van der Waals surface area contributed by atoms with Gasteiger partial charge in [-0.15, -0.1) is 0 Å². The van der Waals surface area contributed by atoms with Crippen LogP contribution in [0.5, 0.6) is 0 Å². The van der Waals surface area contributed by atoms with Gasteiger partial charge in [0.1, 0.15) is 23.1 Å². The lowest BCUT2D eigenvalue weighted by molar-refractivity contribution is 0.610. The zero-order valence-electron chi connectivity index (χ0n) is 7.26. The van der Waals surface area contributed by atoms with Gasteiger partial charge in [0.15, 0.2) is 5.82 Å². The minimum absolute atomic E-state index is 0.0407. The van der Waals surface area contributed by atoms with Crippen molar-refractivity contribution in [3.05, 3.63) is 40.0 Å². The minimum Gasteiger partial charge on any atom is -0.234 e. The van der Waals surface area contributed by atoms with Gasteiger partial charge in [0.25, 0.3) is 0 Å². The molecule has 0 fully saturated rings. The van der Waals surface area contributed by atoms with Crippen molar-refractivity contribution in [3.63, 3.8) is 0 Å². The van der Waals surface area contributed by atoms with Gasteiger partial charge in [-0.25, -0.2) is 13.8 Å². The maximum Gasteiger partial charge on any atom is 0.150 e. The molecule has 1 heterocycles. The largest absolute Gasteiger partial charge is 0.234 e. The van der Waals surface area contributed by atoms with E-state index in [1.807, 2.05) is 0 Å². The maximum absolute atomic E-state index is 13.5. The predicted molar refractivity (Wildman–Crippen MR) is 54.1 cm³/mol. The van der Waals surface area contributed by atoms with E-state index in [-0.39, 0.29) is 21.1 Å². The fourth-order valence-corrected chi connectivity index (χ4v) is 1.67. The molecule has 0 saturated carbocycles. The van der Waals surface area contributed by atoms with Crippen LogP contribution in [0, 0.1) is 23.0 Å². The molecule has 2 nitrogen and oxygen atoms in total. The highest BCUT2D eigenvalue weighted by Crippen LogP contribution is 2.26. The van der Waals surface area contributed by atoms with Crippen LogP contribution in [-0.2, 0) is 0 Å². The minimum atomic E-state index is -0.657. The first kappa shape index (κ1) is 9.99. The average molecular weight is 269 g/mol. The molecule has 0 N–H and O–H groups in total. The van der Waals surface area contributed by atoms with Gasteiger partial charge in [0.05, 0.1) is 4.47 Å². The molecule has 0 radical (unpaired) electrons. The predicted octanol–water partition coefficient (Wildman–Crippen LogP) is 3.15. The molecule has 5 heteroatoms. The van der Waals surface area contributed by atoms with Gasteiger partial charge in [0.2, 0.25) is 0 Å². The Morgan fingerprint density at radius 2 is 2.07 bits per heavy atom. The Bertz CT molecular complexity index is 590. The summed E-state index contributed by atoms with van der Waals surface area (Å²) >= 11 is 2.89. The third kappa shape index (κ3) is 1.57. The van der Waals surface area contributed by atoms with Crippen LogP contribution < -0.4 is 0 Å². The first-order chi connectivity index (χ1) is 7.13. The van der Waals surface area contributed by atoms with Crippen LogP contribution in [0.25, 0.3) is 10.9 Å². The highest BCUT2D eigenvalue weighted by Gasteiger charge is 2.12. The topological polar surface area (TPSA) is 36.7 Å². The maximum atomic E-state index is 13.5. The highest BCUT2D eigenvalue weighted by atomic mass is 79.9. The fraction of sp³-hybridized carbons (Fsp3) is 0. The number of fused-ring (bicyclic) bond motifs is 1. The lowest BCUT2D eigenvalue weighted by atomic mass is 10.2. The number of nitriles is 1. The van der Waals surface area contributed by atoms with E-state index in [1.54, 1.807) is 6.07 Å². The van der Waals surface area contributed by atoms with E-state index in [9.17, 15) is 8.78 Å². The molecule has 2 aromatic rings. The van der Waals surface area contributed by atoms with Crippen LogP contribution in [0.15, 0.2) is 22.7 Å². The first-order valence-corrected chi connectivity index (χ1v) is 4.77. The second-order valence-electron chi connectivity index (χ2n) is 2.86. The standard InChI is InChI=1S/C10H3BrF2N2/c11-7-3-8(12)10-6(9(7)13)2-1-5(4-14)15-10/h1-3H. The Morgan fingerprint density at radius 1 is 1.33 bits per heavy atom. The third-order valence-electron chi connectivity index (χ3n) is 1.94. The van der Waals surface area contributed by atoms with Crippen LogP contribution in [-0.4, -0.2) is 4.98 Å². The molecule has 0 atom stereocenters. The zero-order valence-corrected chi connectivity index (χ0v) is 8.85. The van der Waals surface area contributed by atoms with Gasteiger partial charge in [-0.05, 0) is 34.1 Å². The van der Waals surface area contributed by atoms with Crippen LogP contribution in [0.1, 0.15) is 5.69 Å². The van der Waals surface area contributed by atoms with Gasteiger partial charge < -0.3 is 0 Å². The van der Waals surface area contributed by atoms with Crippen molar-refractivity contribution in [1.29, 1.82) is 5.26 Å². The quantitative estimate of drug-likeness (QED) is 0.689. The summed E-state index contributed by atoms with van der Waals surface area (Å²) in [6.45, 7) is 0. The monoisotopic (exact) mass is 268 g/mol. The summed E-state index contributed by atoms with van der Waals surface area (Å²) in [7, 11) is 0. The third-order valence-corrected chi connectivity index (χ3v) is 2.51. The van der Waals surface area contributed by atoms with Crippen LogP contribution in [0.4, 0.5) is 8.78 Å². The van der Waals surface area contributed by atoms with Crippen LogP contribution in [0.2, 0.25) is 0 Å². The molecule has 0 unspecified atom stereocenters. The Balaban J connectivity index is 2.91. The summed E-state index contributed by atoms with van der Waals surface area (Å²) in [4.78, 5) is 3.70. The molecular weight excluding hydrogens is 266 g/mol. The number of hydrogen-bond donors (Lipinski definition) is 0. The first-order valence-electron chi connectivity index (χ1n) is 3.98. The Hall–Kier alpha value is -1.54. The summed E-state index contributed by atoms with van der Waals surface area (Å²) < 4.78 is 26.9. The number of pyridine rings is 1. The summed E-state index contributed by atoms with van der Waals surface area (Å²) in [5, 5.41) is 8.63. The molecule has 0 aliphatic heterocycles. The second kappa shape index (κ2) is 3.55. The van der Waals surface area contributed by atoms with Crippen molar-refractivity contribution in [1.82, 2.24) is 4.98 Å².